The summed E-state index contributed by atoms with van der Waals surface area (Å²) in [6, 6.07) is 6.33. The molecule has 2 aromatic rings. The van der Waals surface area contributed by atoms with Crippen molar-refractivity contribution in [1.82, 2.24) is 4.98 Å². The van der Waals surface area contributed by atoms with Crippen molar-refractivity contribution in [3.05, 3.63) is 34.8 Å². The average Bonchev–Trinajstić information content (AvgIpc) is 2.84. The molecule has 0 unspecified atom stereocenters. The molecule has 15 heavy (non-hydrogen) atoms. The fourth-order valence-corrected chi connectivity index (χ4v) is 2.60. The molecule has 3 heteroatoms. The van der Waals surface area contributed by atoms with Crippen molar-refractivity contribution in [2.45, 2.75) is 13.3 Å². The predicted molar refractivity (Wildman–Crippen MR) is 61.5 cm³/mol. The number of hydrogen-bond acceptors (Lipinski definition) is 3. The van der Waals surface area contributed by atoms with Crippen molar-refractivity contribution in [3.8, 4) is 16.3 Å². The van der Waals surface area contributed by atoms with Crippen molar-refractivity contribution in [1.29, 1.82) is 0 Å². The van der Waals surface area contributed by atoms with Crippen molar-refractivity contribution in [2.75, 3.05) is 6.61 Å². The van der Waals surface area contributed by atoms with E-state index in [0.29, 0.717) is 0 Å². The molecule has 0 spiro atoms. The molecule has 1 aromatic carbocycles. The Balaban J connectivity index is 2.06. The summed E-state index contributed by atoms with van der Waals surface area (Å²) >= 11 is 1.70. The van der Waals surface area contributed by atoms with Gasteiger partial charge in [0.15, 0.2) is 0 Å². The largest absolute Gasteiger partial charge is 0.493 e. The monoisotopic (exact) mass is 217 g/mol. The first-order valence-electron chi connectivity index (χ1n) is 5.01. The normalized spacial score (nSPS) is 13.7. The maximum atomic E-state index is 5.48. The van der Waals surface area contributed by atoms with E-state index in [1.165, 1.54) is 11.1 Å². The molecule has 0 saturated heterocycles. The molecule has 0 N–H and O–H groups in total. The first kappa shape index (κ1) is 8.92. The number of rotatable bonds is 1. The maximum absolute atomic E-state index is 5.48. The number of nitrogens with zero attached hydrogens (tertiary/aromatic N) is 1. The Morgan fingerprint density at radius 2 is 2.33 bits per heavy atom. The fourth-order valence-electron chi connectivity index (χ4n) is 1.81. The quantitative estimate of drug-likeness (QED) is 0.732. The van der Waals surface area contributed by atoms with Gasteiger partial charge >= 0.3 is 0 Å². The van der Waals surface area contributed by atoms with E-state index in [9.17, 15) is 0 Å². The Morgan fingerprint density at radius 1 is 1.40 bits per heavy atom. The molecular formula is C12H11NOS. The van der Waals surface area contributed by atoms with Crippen LogP contribution in [-0.4, -0.2) is 11.6 Å². The maximum Gasteiger partial charge on any atom is 0.123 e. The molecule has 2 heterocycles. The SMILES string of the molecule is Cc1csc(-c2ccc3c(c2)CCO3)n1. The molecule has 1 aliphatic rings. The minimum Gasteiger partial charge on any atom is -0.493 e. The third-order valence-corrected chi connectivity index (χ3v) is 3.56. The van der Waals surface area contributed by atoms with E-state index in [4.69, 9.17) is 4.74 Å². The van der Waals surface area contributed by atoms with Gasteiger partial charge in [-0.25, -0.2) is 4.98 Å². The summed E-state index contributed by atoms with van der Waals surface area (Å²) in [5, 5.41) is 3.18. The molecule has 0 saturated carbocycles. The number of aromatic nitrogens is 1. The summed E-state index contributed by atoms with van der Waals surface area (Å²) in [6.45, 7) is 2.84. The standard InChI is InChI=1S/C12H11NOS/c1-8-7-15-12(13-8)10-2-3-11-9(6-10)4-5-14-11/h2-3,6-7H,4-5H2,1H3. The van der Waals surface area contributed by atoms with Crippen LogP contribution >= 0.6 is 11.3 Å². The van der Waals surface area contributed by atoms with Crippen LogP contribution in [-0.2, 0) is 6.42 Å². The first-order chi connectivity index (χ1) is 7.33. The summed E-state index contributed by atoms with van der Waals surface area (Å²) in [5.74, 6) is 1.03. The fraction of sp³-hybridized carbons (Fsp3) is 0.250. The van der Waals surface area contributed by atoms with Gasteiger partial charge in [0.25, 0.3) is 0 Å². The van der Waals surface area contributed by atoms with Crippen LogP contribution in [0.4, 0.5) is 0 Å². The lowest BCUT2D eigenvalue weighted by Crippen LogP contribution is -1.85. The number of thiazole rings is 1. The van der Waals surface area contributed by atoms with Crippen molar-refractivity contribution < 1.29 is 4.74 Å². The first-order valence-corrected chi connectivity index (χ1v) is 5.89. The molecule has 0 radical (unpaired) electrons. The zero-order valence-corrected chi connectivity index (χ0v) is 9.30. The Hall–Kier alpha value is -1.35. The van der Waals surface area contributed by atoms with Gasteiger partial charge in [-0.3, -0.25) is 0 Å². The summed E-state index contributed by atoms with van der Waals surface area (Å²) in [7, 11) is 0. The topological polar surface area (TPSA) is 22.1 Å². The summed E-state index contributed by atoms with van der Waals surface area (Å²) in [4.78, 5) is 4.48. The van der Waals surface area contributed by atoms with E-state index in [-0.39, 0.29) is 0 Å². The van der Waals surface area contributed by atoms with Crippen LogP contribution in [0, 0.1) is 6.92 Å². The van der Waals surface area contributed by atoms with Gasteiger partial charge in [0, 0.05) is 23.1 Å². The van der Waals surface area contributed by atoms with E-state index in [1.807, 2.05) is 6.92 Å². The molecule has 1 aromatic heterocycles. The molecule has 1 aliphatic heterocycles. The van der Waals surface area contributed by atoms with Crippen LogP contribution in [0.3, 0.4) is 0 Å². The second-order valence-corrected chi connectivity index (χ2v) is 4.57. The Kier molecular flexibility index (Phi) is 1.99. The van der Waals surface area contributed by atoms with E-state index < -0.39 is 0 Å². The molecule has 76 valence electrons. The smallest absolute Gasteiger partial charge is 0.123 e. The van der Waals surface area contributed by atoms with Crippen LogP contribution in [0.1, 0.15) is 11.3 Å². The van der Waals surface area contributed by atoms with Gasteiger partial charge in [-0.15, -0.1) is 11.3 Å². The van der Waals surface area contributed by atoms with Gasteiger partial charge in [-0.05, 0) is 30.7 Å². The highest BCUT2D eigenvalue weighted by atomic mass is 32.1. The van der Waals surface area contributed by atoms with Gasteiger partial charge in [-0.1, -0.05) is 0 Å². The molecule has 2 nitrogen and oxygen atoms in total. The molecule has 0 atom stereocenters. The van der Waals surface area contributed by atoms with Crippen LogP contribution in [0.5, 0.6) is 5.75 Å². The van der Waals surface area contributed by atoms with Crippen LogP contribution in [0.2, 0.25) is 0 Å². The molecule has 0 amide bonds. The van der Waals surface area contributed by atoms with Gasteiger partial charge in [0.05, 0.1) is 6.61 Å². The molecule has 3 rings (SSSR count). The predicted octanol–water partition coefficient (Wildman–Crippen LogP) is 3.05. The van der Waals surface area contributed by atoms with Crippen LogP contribution in [0.15, 0.2) is 23.6 Å². The summed E-state index contributed by atoms with van der Waals surface area (Å²) in [6.07, 6.45) is 1.02. The zero-order valence-electron chi connectivity index (χ0n) is 8.49. The van der Waals surface area contributed by atoms with Gasteiger partial charge in [-0.2, -0.15) is 0 Å². The minimum atomic E-state index is 0.815. The van der Waals surface area contributed by atoms with E-state index in [1.54, 1.807) is 11.3 Å². The van der Waals surface area contributed by atoms with Crippen LogP contribution in [0.25, 0.3) is 10.6 Å². The summed E-state index contributed by atoms with van der Waals surface area (Å²) in [5.41, 5.74) is 3.60. The van der Waals surface area contributed by atoms with Crippen molar-refractivity contribution in [3.63, 3.8) is 0 Å². The number of fused-ring (bicyclic) bond motifs is 1. The second-order valence-electron chi connectivity index (χ2n) is 3.72. The van der Waals surface area contributed by atoms with Gasteiger partial charge in [0.2, 0.25) is 0 Å². The number of benzene rings is 1. The van der Waals surface area contributed by atoms with Crippen molar-refractivity contribution in [2.24, 2.45) is 0 Å². The summed E-state index contributed by atoms with van der Waals surface area (Å²) < 4.78 is 5.48. The molecule has 0 aliphatic carbocycles. The van der Waals surface area contributed by atoms with E-state index >= 15 is 0 Å². The third-order valence-electron chi connectivity index (χ3n) is 2.56. The Bertz CT molecular complexity index is 504. The second kappa shape index (κ2) is 3.35. The Labute approximate surface area is 92.6 Å². The lowest BCUT2D eigenvalue weighted by atomic mass is 10.1. The lowest BCUT2D eigenvalue weighted by Gasteiger charge is -2.00. The number of aryl methyl sites for hydroxylation is 1. The van der Waals surface area contributed by atoms with Gasteiger partial charge in [0.1, 0.15) is 10.8 Å². The van der Waals surface area contributed by atoms with E-state index in [2.05, 4.69) is 28.6 Å². The van der Waals surface area contributed by atoms with E-state index in [0.717, 1.165) is 29.5 Å². The Morgan fingerprint density at radius 3 is 3.13 bits per heavy atom. The highest BCUT2D eigenvalue weighted by molar-refractivity contribution is 7.13. The van der Waals surface area contributed by atoms with Crippen molar-refractivity contribution >= 4 is 11.3 Å². The molecule has 0 bridgehead atoms. The molecule has 0 fully saturated rings. The van der Waals surface area contributed by atoms with Gasteiger partial charge < -0.3 is 4.74 Å². The highest BCUT2D eigenvalue weighted by Gasteiger charge is 2.13. The molecular weight excluding hydrogens is 206 g/mol. The number of ether oxygens (including phenoxy) is 1. The zero-order chi connectivity index (χ0) is 10.3. The highest BCUT2D eigenvalue weighted by Crippen LogP contribution is 2.31. The third kappa shape index (κ3) is 1.53. The number of hydrogen-bond donors (Lipinski definition) is 0. The minimum absolute atomic E-state index is 0.815. The van der Waals surface area contributed by atoms with Crippen LogP contribution < -0.4 is 4.74 Å². The lowest BCUT2D eigenvalue weighted by molar-refractivity contribution is 0.357. The average molecular weight is 217 g/mol.